The van der Waals surface area contributed by atoms with Gasteiger partial charge in [-0.2, -0.15) is 0 Å². The Balaban J connectivity index is 1.58. The standard InChI is InChI=1S/C19H20BrN3O2/c1-13(14-6-3-2-4-7-14)23-12-17(11-18(23)24)22-19(25)21-16-9-5-8-15(20)10-16/h2-10,13,17H,11-12H2,1H3,(H2,21,22,25). The number of nitrogens with one attached hydrogen (secondary N) is 2. The number of nitrogens with zero attached hydrogens (tertiary/aromatic N) is 1. The predicted molar refractivity (Wildman–Crippen MR) is 101 cm³/mol. The Kier molecular flexibility index (Phi) is 5.38. The van der Waals surface area contributed by atoms with E-state index in [1.165, 1.54) is 0 Å². The van der Waals surface area contributed by atoms with Crippen LogP contribution in [0.2, 0.25) is 0 Å². The average molecular weight is 402 g/mol. The highest BCUT2D eigenvalue weighted by Crippen LogP contribution is 2.25. The minimum atomic E-state index is -0.301. The van der Waals surface area contributed by atoms with Crippen molar-refractivity contribution in [3.05, 3.63) is 64.6 Å². The molecule has 0 aromatic heterocycles. The molecule has 25 heavy (non-hydrogen) atoms. The van der Waals surface area contributed by atoms with Gasteiger partial charge >= 0.3 is 6.03 Å². The molecule has 1 heterocycles. The summed E-state index contributed by atoms with van der Waals surface area (Å²) in [6.07, 6.45) is 0.322. The molecule has 0 aliphatic carbocycles. The van der Waals surface area contributed by atoms with E-state index in [1.54, 1.807) is 0 Å². The van der Waals surface area contributed by atoms with Crippen molar-refractivity contribution in [3.63, 3.8) is 0 Å². The van der Waals surface area contributed by atoms with Crippen molar-refractivity contribution in [2.45, 2.75) is 25.4 Å². The van der Waals surface area contributed by atoms with Gasteiger partial charge in [0.25, 0.3) is 0 Å². The van der Waals surface area contributed by atoms with E-state index in [2.05, 4.69) is 26.6 Å². The van der Waals surface area contributed by atoms with E-state index in [9.17, 15) is 9.59 Å². The van der Waals surface area contributed by atoms with Crippen molar-refractivity contribution in [3.8, 4) is 0 Å². The van der Waals surface area contributed by atoms with Gasteiger partial charge in [0.2, 0.25) is 5.91 Å². The van der Waals surface area contributed by atoms with Gasteiger partial charge in [0, 0.05) is 23.1 Å². The minimum Gasteiger partial charge on any atom is -0.334 e. The number of amides is 3. The number of anilines is 1. The maximum atomic E-state index is 12.3. The summed E-state index contributed by atoms with van der Waals surface area (Å²) in [4.78, 5) is 26.3. The topological polar surface area (TPSA) is 61.4 Å². The summed E-state index contributed by atoms with van der Waals surface area (Å²) < 4.78 is 0.893. The van der Waals surface area contributed by atoms with Gasteiger partial charge < -0.3 is 15.5 Å². The molecule has 0 bridgehead atoms. The van der Waals surface area contributed by atoms with Gasteiger partial charge in [-0.05, 0) is 30.7 Å². The second-order valence-electron chi connectivity index (χ2n) is 6.14. The number of hydrogen-bond donors (Lipinski definition) is 2. The predicted octanol–water partition coefficient (Wildman–Crippen LogP) is 3.93. The summed E-state index contributed by atoms with van der Waals surface area (Å²) in [5.41, 5.74) is 1.79. The van der Waals surface area contributed by atoms with Gasteiger partial charge in [0.1, 0.15) is 0 Å². The zero-order chi connectivity index (χ0) is 17.8. The maximum Gasteiger partial charge on any atom is 0.319 e. The first kappa shape index (κ1) is 17.5. The second-order valence-corrected chi connectivity index (χ2v) is 7.06. The Morgan fingerprint density at radius 1 is 1.20 bits per heavy atom. The van der Waals surface area contributed by atoms with Crippen LogP contribution in [-0.2, 0) is 4.79 Å². The molecular formula is C19H20BrN3O2. The van der Waals surface area contributed by atoms with E-state index in [-0.39, 0.29) is 24.0 Å². The lowest BCUT2D eigenvalue weighted by molar-refractivity contribution is -0.129. The quantitative estimate of drug-likeness (QED) is 0.814. The molecule has 1 aliphatic heterocycles. The van der Waals surface area contributed by atoms with Crippen LogP contribution in [0.4, 0.5) is 10.5 Å². The average Bonchev–Trinajstić information content (AvgIpc) is 2.95. The molecule has 0 spiro atoms. The van der Waals surface area contributed by atoms with E-state index in [1.807, 2.05) is 66.4 Å². The molecule has 2 N–H and O–H groups in total. The summed E-state index contributed by atoms with van der Waals surface area (Å²) in [5.74, 6) is 0.0594. The molecule has 6 heteroatoms. The molecular weight excluding hydrogens is 382 g/mol. The molecule has 2 aromatic carbocycles. The van der Waals surface area contributed by atoms with Crippen LogP contribution in [0.25, 0.3) is 0 Å². The molecule has 3 rings (SSSR count). The summed E-state index contributed by atoms with van der Waals surface area (Å²) in [7, 11) is 0. The fourth-order valence-electron chi connectivity index (χ4n) is 3.03. The second kappa shape index (κ2) is 7.70. The van der Waals surface area contributed by atoms with Crippen LogP contribution in [0.15, 0.2) is 59.1 Å². The molecule has 2 aromatic rings. The van der Waals surface area contributed by atoms with Crippen LogP contribution in [0, 0.1) is 0 Å². The third-order valence-corrected chi connectivity index (χ3v) is 4.82. The molecule has 130 valence electrons. The monoisotopic (exact) mass is 401 g/mol. The molecule has 3 amide bonds. The molecule has 1 aliphatic rings. The number of carbonyl (C=O) groups excluding carboxylic acids is 2. The molecule has 2 unspecified atom stereocenters. The lowest BCUT2D eigenvalue weighted by atomic mass is 10.1. The van der Waals surface area contributed by atoms with Crippen LogP contribution in [0.3, 0.4) is 0 Å². The van der Waals surface area contributed by atoms with Gasteiger partial charge in [0.05, 0.1) is 12.1 Å². The smallest absolute Gasteiger partial charge is 0.319 e. The van der Waals surface area contributed by atoms with Crippen LogP contribution < -0.4 is 10.6 Å². The highest BCUT2D eigenvalue weighted by atomic mass is 79.9. The fourth-order valence-corrected chi connectivity index (χ4v) is 3.43. The Morgan fingerprint density at radius 3 is 2.68 bits per heavy atom. The molecule has 1 fully saturated rings. The summed E-state index contributed by atoms with van der Waals surface area (Å²) >= 11 is 3.37. The molecule has 0 radical (unpaired) electrons. The van der Waals surface area contributed by atoms with Gasteiger partial charge in [-0.25, -0.2) is 4.79 Å². The molecule has 1 saturated heterocycles. The number of urea groups is 1. The summed E-state index contributed by atoms with van der Waals surface area (Å²) in [6, 6.07) is 16.8. The minimum absolute atomic E-state index is 0.00589. The number of benzene rings is 2. The molecule has 5 nitrogen and oxygen atoms in total. The zero-order valence-corrected chi connectivity index (χ0v) is 15.5. The van der Waals surface area contributed by atoms with Crippen LogP contribution >= 0.6 is 15.9 Å². The summed E-state index contributed by atoms with van der Waals surface area (Å²) in [5, 5.41) is 5.68. The number of rotatable bonds is 4. The highest BCUT2D eigenvalue weighted by Gasteiger charge is 2.33. The van der Waals surface area contributed by atoms with E-state index in [0.29, 0.717) is 18.7 Å². The first-order valence-corrected chi connectivity index (χ1v) is 9.00. The number of halogens is 1. The molecule has 2 atom stereocenters. The molecule has 0 saturated carbocycles. The van der Waals surface area contributed by atoms with Crippen molar-refractivity contribution < 1.29 is 9.59 Å². The van der Waals surface area contributed by atoms with Crippen molar-refractivity contribution in [1.29, 1.82) is 0 Å². The fraction of sp³-hybridized carbons (Fsp3) is 0.263. The third-order valence-electron chi connectivity index (χ3n) is 4.33. The Bertz CT molecular complexity index is 766. The normalized spacial score (nSPS) is 18.1. The van der Waals surface area contributed by atoms with Crippen LogP contribution in [0.1, 0.15) is 24.9 Å². The number of likely N-dealkylation sites (tertiary alicyclic amines) is 1. The van der Waals surface area contributed by atoms with Crippen molar-refractivity contribution in [1.82, 2.24) is 10.2 Å². The van der Waals surface area contributed by atoms with E-state index in [0.717, 1.165) is 10.0 Å². The largest absolute Gasteiger partial charge is 0.334 e. The van der Waals surface area contributed by atoms with Gasteiger partial charge in [-0.15, -0.1) is 0 Å². The zero-order valence-electron chi connectivity index (χ0n) is 13.9. The van der Waals surface area contributed by atoms with Crippen molar-refractivity contribution in [2.75, 3.05) is 11.9 Å². The van der Waals surface area contributed by atoms with Crippen molar-refractivity contribution >= 4 is 33.6 Å². The van der Waals surface area contributed by atoms with Crippen LogP contribution in [0.5, 0.6) is 0 Å². The third kappa shape index (κ3) is 4.39. The Hall–Kier alpha value is -2.34. The van der Waals surface area contributed by atoms with Gasteiger partial charge in [-0.1, -0.05) is 52.3 Å². The van der Waals surface area contributed by atoms with E-state index >= 15 is 0 Å². The summed E-state index contributed by atoms with van der Waals surface area (Å²) in [6.45, 7) is 2.53. The SMILES string of the molecule is CC(c1ccccc1)N1CC(NC(=O)Nc2cccc(Br)c2)CC1=O. The lowest BCUT2D eigenvalue weighted by Gasteiger charge is -2.25. The first-order valence-electron chi connectivity index (χ1n) is 8.20. The van der Waals surface area contributed by atoms with E-state index < -0.39 is 0 Å². The highest BCUT2D eigenvalue weighted by molar-refractivity contribution is 9.10. The van der Waals surface area contributed by atoms with Gasteiger partial charge in [-0.3, -0.25) is 4.79 Å². The van der Waals surface area contributed by atoms with Crippen LogP contribution in [-0.4, -0.2) is 29.4 Å². The Labute approximate surface area is 155 Å². The maximum absolute atomic E-state index is 12.3. The first-order chi connectivity index (χ1) is 12.0. The van der Waals surface area contributed by atoms with Crippen molar-refractivity contribution in [2.24, 2.45) is 0 Å². The number of hydrogen-bond acceptors (Lipinski definition) is 2. The lowest BCUT2D eigenvalue weighted by Crippen LogP contribution is -2.40. The van der Waals surface area contributed by atoms with Gasteiger partial charge in [0.15, 0.2) is 0 Å². The Morgan fingerprint density at radius 2 is 1.96 bits per heavy atom. The number of carbonyl (C=O) groups is 2. The van der Waals surface area contributed by atoms with E-state index in [4.69, 9.17) is 0 Å².